The average molecular weight is 273 g/mol. The quantitative estimate of drug-likeness (QED) is 0.914. The van der Waals surface area contributed by atoms with Crippen molar-refractivity contribution in [1.82, 2.24) is 9.71 Å². The Balaban J connectivity index is 2.32. The van der Waals surface area contributed by atoms with E-state index < -0.39 is 10.0 Å². The third-order valence-electron chi connectivity index (χ3n) is 1.67. The highest BCUT2D eigenvalue weighted by Crippen LogP contribution is 2.32. The Bertz CT molecular complexity index is 452. The van der Waals surface area contributed by atoms with Crippen LogP contribution in [-0.2, 0) is 10.0 Å². The zero-order valence-corrected chi connectivity index (χ0v) is 9.97. The van der Waals surface area contributed by atoms with Crippen molar-refractivity contribution in [2.45, 2.75) is 23.1 Å². The summed E-state index contributed by atoms with van der Waals surface area (Å²) in [7, 11) is -3.52. The van der Waals surface area contributed by atoms with Gasteiger partial charge in [0.25, 0.3) is 10.0 Å². The Hall–Kier alpha value is 0.120. The first-order valence-corrected chi connectivity index (χ1v) is 6.89. The summed E-state index contributed by atoms with van der Waals surface area (Å²) in [5.41, 5.74) is 0. The number of sulfonamides is 1. The molecule has 0 spiro atoms. The van der Waals surface area contributed by atoms with E-state index in [-0.39, 0.29) is 19.9 Å². The van der Waals surface area contributed by atoms with Gasteiger partial charge in [-0.3, -0.25) is 0 Å². The molecule has 1 N–H and O–H groups in total. The lowest BCUT2D eigenvalue weighted by Gasteiger charge is -2.01. The van der Waals surface area contributed by atoms with Crippen molar-refractivity contribution in [2.24, 2.45) is 0 Å². The van der Waals surface area contributed by atoms with Crippen LogP contribution in [0.1, 0.15) is 12.8 Å². The van der Waals surface area contributed by atoms with E-state index in [0.29, 0.717) is 0 Å². The summed E-state index contributed by atoms with van der Waals surface area (Å²) < 4.78 is 25.9. The fraction of sp³-hybridized carbons (Fsp3) is 0.500. The Morgan fingerprint density at radius 3 is 2.50 bits per heavy atom. The van der Waals surface area contributed by atoms with Gasteiger partial charge in [0.15, 0.2) is 13.8 Å². The molecule has 1 aliphatic carbocycles. The molecule has 0 bridgehead atoms. The van der Waals surface area contributed by atoms with Crippen LogP contribution in [0.15, 0.2) is 4.21 Å². The Kier molecular flexibility index (Phi) is 2.74. The summed E-state index contributed by atoms with van der Waals surface area (Å²) in [5, 5.41) is -0.0619. The van der Waals surface area contributed by atoms with Gasteiger partial charge in [-0.05, 0) is 12.8 Å². The number of nitrogens with one attached hydrogen (secondary N) is 1. The van der Waals surface area contributed by atoms with E-state index in [1.807, 2.05) is 0 Å². The molecule has 14 heavy (non-hydrogen) atoms. The van der Waals surface area contributed by atoms with Gasteiger partial charge in [0.2, 0.25) is 0 Å². The summed E-state index contributed by atoms with van der Waals surface area (Å²) in [6.07, 6.45) is 1.76. The number of hydrogen-bond donors (Lipinski definition) is 1. The molecule has 0 unspecified atom stereocenters. The summed E-state index contributed by atoms with van der Waals surface area (Å²) in [4.78, 5) is 3.64. The number of aromatic nitrogens is 1. The van der Waals surface area contributed by atoms with Gasteiger partial charge in [-0.1, -0.05) is 34.5 Å². The smallest absolute Gasteiger partial charge is 0.211 e. The van der Waals surface area contributed by atoms with Crippen LogP contribution in [0, 0.1) is 0 Å². The van der Waals surface area contributed by atoms with Crippen molar-refractivity contribution in [3.63, 3.8) is 0 Å². The minimum Gasteiger partial charge on any atom is -0.211 e. The maximum Gasteiger partial charge on any atom is 0.253 e. The normalized spacial score (nSPS) is 17.3. The molecule has 4 nitrogen and oxygen atoms in total. The second-order valence-electron chi connectivity index (χ2n) is 2.94. The van der Waals surface area contributed by atoms with E-state index in [1.165, 1.54) is 0 Å². The third-order valence-corrected chi connectivity index (χ3v) is 5.36. The standard InChI is InChI=1S/C6H6Cl2N2O2S2/c7-4-5(13-6(8)9-4)14(11,12)10-3-1-2-3/h3,10H,1-2H2. The lowest BCUT2D eigenvalue weighted by Crippen LogP contribution is -2.25. The molecular weight excluding hydrogens is 267 g/mol. The van der Waals surface area contributed by atoms with Crippen molar-refractivity contribution in [3.05, 3.63) is 9.62 Å². The topological polar surface area (TPSA) is 59.1 Å². The molecular formula is C6H6Cl2N2O2S2. The van der Waals surface area contributed by atoms with E-state index in [1.54, 1.807) is 0 Å². The van der Waals surface area contributed by atoms with Crippen LogP contribution in [0.25, 0.3) is 0 Å². The van der Waals surface area contributed by atoms with Gasteiger partial charge in [-0.25, -0.2) is 18.1 Å². The van der Waals surface area contributed by atoms with E-state index >= 15 is 0 Å². The first kappa shape index (κ1) is 10.6. The van der Waals surface area contributed by atoms with Crippen LogP contribution < -0.4 is 4.72 Å². The number of nitrogens with zero attached hydrogens (tertiary/aromatic N) is 1. The fourth-order valence-corrected chi connectivity index (χ4v) is 4.24. The van der Waals surface area contributed by atoms with Gasteiger partial charge >= 0.3 is 0 Å². The van der Waals surface area contributed by atoms with Gasteiger partial charge < -0.3 is 0 Å². The van der Waals surface area contributed by atoms with Gasteiger partial charge in [0, 0.05) is 6.04 Å². The minimum atomic E-state index is -3.52. The van der Waals surface area contributed by atoms with Crippen molar-refractivity contribution < 1.29 is 8.42 Å². The zero-order valence-electron chi connectivity index (χ0n) is 6.83. The molecule has 2 rings (SSSR count). The molecule has 1 aliphatic rings. The van der Waals surface area contributed by atoms with Gasteiger partial charge in [0.05, 0.1) is 0 Å². The van der Waals surface area contributed by atoms with Crippen LogP contribution in [0.2, 0.25) is 9.62 Å². The van der Waals surface area contributed by atoms with Gasteiger partial charge in [-0.15, -0.1) is 0 Å². The molecule has 0 aliphatic heterocycles. The highest BCUT2D eigenvalue weighted by atomic mass is 35.5. The zero-order chi connectivity index (χ0) is 10.3. The van der Waals surface area contributed by atoms with Crippen molar-refractivity contribution >= 4 is 44.6 Å². The van der Waals surface area contributed by atoms with Crippen LogP contribution in [0.5, 0.6) is 0 Å². The van der Waals surface area contributed by atoms with E-state index in [9.17, 15) is 8.42 Å². The van der Waals surface area contributed by atoms with Crippen molar-refractivity contribution in [3.8, 4) is 0 Å². The maximum atomic E-state index is 11.6. The van der Waals surface area contributed by atoms with Gasteiger partial charge in [-0.2, -0.15) is 0 Å². The second kappa shape index (κ2) is 3.61. The van der Waals surface area contributed by atoms with Crippen LogP contribution >= 0.6 is 34.5 Å². The Morgan fingerprint density at radius 2 is 2.07 bits per heavy atom. The van der Waals surface area contributed by atoms with E-state index in [4.69, 9.17) is 23.2 Å². The molecule has 1 aromatic rings. The number of halogens is 2. The molecule has 0 aromatic carbocycles. The lowest BCUT2D eigenvalue weighted by atomic mass is 10.8. The van der Waals surface area contributed by atoms with Crippen molar-refractivity contribution in [1.29, 1.82) is 0 Å². The lowest BCUT2D eigenvalue weighted by molar-refractivity contribution is 0.583. The van der Waals surface area contributed by atoms with Crippen LogP contribution in [0.3, 0.4) is 0 Å². The molecule has 78 valence electrons. The molecule has 1 fully saturated rings. The first-order valence-electron chi connectivity index (χ1n) is 3.83. The molecule has 0 radical (unpaired) electrons. The minimum absolute atomic E-state index is 0.00364. The highest BCUT2D eigenvalue weighted by molar-refractivity contribution is 7.91. The molecule has 8 heteroatoms. The first-order chi connectivity index (χ1) is 6.49. The van der Waals surface area contributed by atoms with Gasteiger partial charge in [0.1, 0.15) is 0 Å². The molecule has 0 atom stereocenters. The predicted molar refractivity (Wildman–Crippen MR) is 55.5 cm³/mol. The summed E-state index contributed by atoms with van der Waals surface area (Å²) in [6, 6.07) is 0.0527. The molecule has 0 saturated heterocycles. The predicted octanol–water partition coefficient (Wildman–Crippen LogP) is 1.89. The van der Waals surface area contributed by atoms with Crippen LogP contribution in [-0.4, -0.2) is 19.4 Å². The Morgan fingerprint density at radius 1 is 1.43 bits per heavy atom. The highest BCUT2D eigenvalue weighted by Gasteiger charge is 2.31. The fourth-order valence-electron chi connectivity index (χ4n) is 0.904. The second-order valence-corrected chi connectivity index (χ2v) is 6.79. The van der Waals surface area contributed by atoms with Crippen molar-refractivity contribution in [2.75, 3.05) is 0 Å². The molecule has 1 aromatic heterocycles. The summed E-state index contributed by atoms with van der Waals surface area (Å²) >= 11 is 12.0. The SMILES string of the molecule is O=S(=O)(NC1CC1)c1sc(Cl)nc1Cl. The number of hydrogen-bond acceptors (Lipinski definition) is 4. The third kappa shape index (κ3) is 2.20. The summed E-state index contributed by atoms with van der Waals surface area (Å²) in [5.74, 6) is 0. The Labute approximate surface area is 95.3 Å². The summed E-state index contributed by atoms with van der Waals surface area (Å²) in [6.45, 7) is 0. The molecule has 1 saturated carbocycles. The molecule has 0 amide bonds. The van der Waals surface area contributed by atoms with Crippen LogP contribution in [0.4, 0.5) is 0 Å². The average Bonchev–Trinajstić information content (AvgIpc) is 2.76. The van der Waals surface area contributed by atoms with E-state index in [0.717, 1.165) is 24.2 Å². The number of rotatable bonds is 3. The monoisotopic (exact) mass is 272 g/mol. The number of thiazole rings is 1. The largest absolute Gasteiger partial charge is 0.253 e. The van der Waals surface area contributed by atoms with E-state index in [2.05, 4.69) is 9.71 Å². The molecule has 1 heterocycles. The maximum absolute atomic E-state index is 11.6.